The molecular formula is C13H19NO. The van der Waals surface area contributed by atoms with Crippen LogP contribution in [0.4, 0.5) is 5.69 Å². The number of anilines is 1. The van der Waals surface area contributed by atoms with Crippen LogP contribution in [0.1, 0.15) is 37.9 Å². The molecule has 1 heterocycles. The predicted molar refractivity (Wildman–Crippen MR) is 63.1 cm³/mol. The van der Waals surface area contributed by atoms with Gasteiger partial charge in [-0.25, -0.2) is 0 Å². The lowest BCUT2D eigenvalue weighted by Crippen LogP contribution is -2.29. The first-order valence-corrected chi connectivity index (χ1v) is 5.80. The molecule has 2 nitrogen and oxygen atoms in total. The molecule has 1 unspecified atom stereocenters. The average Bonchev–Trinajstić information content (AvgIpc) is 2.30. The van der Waals surface area contributed by atoms with Crippen molar-refractivity contribution in [2.45, 2.75) is 32.3 Å². The highest BCUT2D eigenvalue weighted by Crippen LogP contribution is 2.22. The molecule has 2 heteroatoms. The summed E-state index contributed by atoms with van der Waals surface area (Å²) in [4.78, 5) is 2.43. The van der Waals surface area contributed by atoms with E-state index in [1.54, 1.807) is 6.92 Å². The molecule has 2 rings (SSSR count). The fourth-order valence-corrected chi connectivity index (χ4v) is 2.12. The first kappa shape index (κ1) is 10.5. The summed E-state index contributed by atoms with van der Waals surface area (Å²) in [6.45, 7) is 4.15. The zero-order valence-corrected chi connectivity index (χ0v) is 9.32. The summed E-state index contributed by atoms with van der Waals surface area (Å²) < 4.78 is 0. The Hall–Kier alpha value is -1.02. The van der Waals surface area contributed by atoms with E-state index in [-0.39, 0.29) is 6.10 Å². The van der Waals surface area contributed by atoms with Gasteiger partial charge in [0.1, 0.15) is 0 Å². The first-order valence-electron chi connectivity index (χ1n) is 5.80. The Bertz CT molecular complexity index is 299. The van der Waals surface area contributed by atoms with Crippen molar-refractivity contribution in [3.05, 3.63) is 29.8 Å². The number of aliphatic hydroxyl groups is 1. The second-order valence-electron chi connectivity index (χ2n) is 4.32. The molecular weight excluding hydrogens is 186 g/mol. The summed E-state index contributed by atoms with van der Waals surface area (Å²) in [5.74, 6) is 0. The molecule has 1 aromatic rings. The summed E-state index contributed by atoms with van der Waals surface area (Å²) in [5.41, 5.74) is 2.29. The smallest absolute Gasteiger partial charge is 0.0761 e. The molecule has 1 saturated heterocycles. The van der Waals surface area contributed by atoms with Gasteiger partial charge in [0.15, 0.2) is 0 Å². The Labute approximate surface area is 91.5 Å². The van der Waals surface area contributed by atoms with Crippen LogP contribution in [-0.2, 0) is 0 Å². The van der Waals surface area contributed by atoms with E-state index >= 15 is 0 Å². The van der Waals surface area contributed by atoms with Gasteiger partial charge >= 0.3 is 0 Å². The van der Waals surface area contributed by atoms with Gasteiger partial charge in [-0.15, -0.1) is 0 Å². The SMILES string of the molecule is CC(O)c1ccc(N2CCCCC2)cc1. The average molecular weight is 205 g/mol. The molecule has 0 radical (unpaired) electrons. The molecule has 1 atom stereocenters. The Morgan fingerprint density at radius 2 is 1.67 bits per heavy atom. The molecule has 15 heavy (non-hydrogen) atoms. The molecule has 0 spiro atoms. The second kappa shape index (κ2) is 4.67. The number of rotatable bonds is 2. The molecule has 1 N–H and O–H groups in total. The minimum absolute atomic E-state index is 0.361. The summed E-state index contributed by atoms with van der Waals surface area (Å²) >= 11 is 0. The van der Waals surface area contributed by atoms with Gasteiger partial charge in [-0.3, -0.25) is 0 Å². The van der Waals surface area contributed by atoms with Crippen LogP contribution in [0.5, 0.6) is 0 Å². The number of aliphatic hydroxyl groups excluding tert-OH is 1. The summed E-state index contributed by atoms with van der Waals surface area (Å²) in [7, 11) is 0. The quantitative estimate of drug-likeness (QED) is 0.802. The maximum atomic E-state index is 9.41. The zero-order chi connectivity index (χ0) is 10.7. The molecule has 0 aliphatic carbocycles. The largest absolute Gasteiger partial charge is 0.389 e. The lowest BCUT2D eigenvalue weighted by Gasteiger charge is -2.29. The maximum absolute atomic E-state index is 9.41. The zero-order valence-electron chi connectivity index (χ0n) is 9.32. The Morgan fingerprint density at radius 1 is 1.07 bits per heavy atom. The minimum Gasteiger partial charge on any atom is -0.389 e. The minimum atomic E-state index is -0.361. The third kappa shape index (κ3) is 2.51. The molecule has 1 aromatic carbocycles. The van der Waals surface area contributed by atoms with Crippen LogP contribution < -0.4 is 4.90 Å². The van der Waals surface area contributed by atoms with Crippen molar-refractivity contribution in [2.24, 2.45) is 0 Å². The van der Waals surface area contributed by atoms with Crippen LogP contribution >= 0.6 is 0 Å². The lowest BCUT2D eigenvalue weighted by molar-refractivity contribution is 0.199. The molecule has 0 amide bonds. The van der Waals surface area contributed by atoms with Gasteiger partial charge in [-0.2, -0.15) is 0 Å². The van der Waals surface area contributed by atoms with Crippen LogP contribution in [0, 0.1) is 0 Å². The molecule has 0 bridgehead atoms. The number of benzene rings is 1. The monoisotopic (exact) mass is 205 g/mol. The fraction of sp³-hybridized carbons (Fsp3) is 0.538. The van der Waals surface area contributed by atoms with Crippen molar-refractivity contribution in [1.82, 2.24) is 0 Å². The van der Waals surface area contributed by atoms with Gasteiger partial charge in [0.25, 0.3) is 0 Å². The molecule has 0 aromatic heterocycles. The van der Waals surface area contributed by atoms with Crippen molar-refractivity contribution in [2.75, 3.05) is 18.0 Å². The molecule has 1 aliphatic heterocycles. The van der Waals surface area contributed by atoms with Crippen LogP contribution in [0.15, 0.2) is 24.3 Å². The van der Waals surface area contributed by atoms with E-state index in [1.807, 2.05) is 12.1 Å². The fourth-order valence-electron chi connectivity index (χ4n) is 2.12. The van der Waals surface area contributed by atoms with Crippen molar-refractivity contribution in [3.63, 3.8) is 0 Å². The molecule has 1 aliphatic rings. The van der Waals surface area contributed by atoms with Crippen molar-refractivity contribution >= 4 is 5.69 Å². The van der Waals surface area contributed by atoms with Crippen molar-refractivity contribution in [1.29, 1.82) is 0 Å². The highest BCUT2D eigenvalue weighted by molar-refractivity contribution is 5.48. The predicted octanol–water partition coefficient (Wildman–Crippen LogP) is 2.73. The summed E-state index contributed by atoms with van der Waals surface area (Å²) in [5, 5.41) is 9.41. The molecule has 1 fully saturated rings. The van der Waals surface area contributed by atoms with Gasteiger partial charge < -0.3 is 10.0 Å². The third-order valence-corrected chi connectivity index (χ3v) is 3.10. The van der Waals surface area contributed by atoms with Crippen LogP contribution in [0.3, 0.4) is 0 Å². The van der Waals surface area contributed by atoms with Crippen molar-refractivity contribution < 1.29 is 5.11 Å². The molecule has 0 saturated carbocycles. The summed E-state index contributed by atoms with van der Waals surface area (Å²) in [6, 6.07) is 8.28. The highest BCUT2D eigenvalue weighted by Gasteiger charge is 2.10. The Balaban J connectivity index is 2.08. The van der Waals surface area contributed by atoms with Gasteiger partial charge in [0.05, 0.1) is 6.10 Å². The van der Waals surface area contributed by atoms with Crippen LogP contribution in [-0.4, -0.2) is 18.2 Å². The Morgan fingerprint density at radius 3 is 2.20 bits per heavy atom. The van der Waals surface area contributed by atoms with E-state index in [4.69, 9.17) is 0 Å². The van der Waals surface area contributed by atoms with E-state index in [1.165, 1.54) is 38.0 Å². The number of piperidine rings is 1. The van der Waals surface area contributed by atoms with Gasteiger partial charge in [0.2, 0.25) is 0 Å². The van der Waals surface area contributed by atoms with E-state index in [2.05, 4.69) is 17.0 Å². The third-order valence-electron chi connectivity index (χ3n) is 3.10. The maximum Gasteiger partial charge on any atom is 0.0761 e. The summed E-state index contributed by atoms with van der Waals surface area (Å²) in [6.07, 6.45) is 3.61. The molecule has 82 valence electrons. The first-order chi connectivity index (χ1) is 7.27. The van der Waals surface area contributed by atoms with Gasteiger partial charge in [-0.1, -0.05) is 12.1 Å². The van der Waals surface area contributed by atoms with Crippen LogP contribution in [0.25, 0.3) is 0 Å². The van der Waals surface area contributed by atoms with E-state index < -0.39 is 0 Å². The van der Waals surface area contributed by atoms with Gasteiger partial charge in [0, 0.05) is 18.8 Å². The standard InChI is InChI=1S/C13H19NO/c1-11(15)12-5-7-13(8-6-12)14-9-3-2-4-10-14/h5-8,11,15H,2-4,9-10H2,1H3. The lowest BCUT2D eigenvalue weighted by atomic mass is 10.1. The van der Waals surface area contributed by atoms with Gasteiger partial charge in [-0.05, 0) is 43.9 Å². The van der Waals surface area contributed by atoms with E-state index in [9.17, 15) is 5.11 Å². The Kier molecular flexibility index (Phi) is 3.27. The number of hydrogen-bond donors (Lipinski definition) is 1. The van der Waals surface area contributed by atoms with Crippen LogP contribution in [0.2, 0.25) is 0 Å². The topological polar surface area (TPSA) is 23.5 Å². The normalized spacial score (nSPS) is 18.9. The highest BCUT2D eigenvalue weighted by atomic mass is 16.3. The van der Waals surface area contributed by atoms with Crippen molar-refractivity contribution in [3.8, 4) is 0 Å². The van der Waals surface area contributed by atoms with E-state index in [0.29, 0.717) is 0 Å². The number of nitrogens with zero attached hydrogens (tertiary/aromatic N) is 1. The number of hydrogen-bond acceptors (Lipinski definition) is 2. The van der Waals surface area contributed by atoms with E-state index in [0.717, 1.165) is 5.56 Å². The second-order valence-corrected chi connectivity index (χ2v) is 4.32.